The van der Waals surface area contributed by atoms with Crippen LogP contribution in [-0.4, -0.2) is 98.7 Å². The fourth-order valence-corrected chi connectivity index (χ4v) is 2.18. The second kappa shape index (κ2) is 19.7. The van der Waals surface area contributed by atoms with E-state index in [1.165, 1.54) is 6.92 Å². The van der Waals surface area contributed by atoms with Gasteiger partial charge in [0.05, 0.1) is 66.1 Å². The van der Waals surface area contributed by atoms with E-state index in [1.807, 2.05) is 14.0 Å². The molecule has 0 aliphatic carbocycles. The third-order valence-corrected chi connectivity index (χ3v) is 3.62. The average molecular weight is 408 g/mol. The molecule has 0 amide bonds. The van der Waals surface area contributed by atoms with Gasteiger partial charge >= 0.3 is 0 Å². The summed E-state index contributed by atoms with van der Waals surface area (Å²) in [5.41, 5.74) is -0.337. The number of likely N-dealkylation sites (N-methyl/N-ethyl adjacent to an activating group) is 1. The lowest BCUT2D eigenvalue weighted by Crippen LogP contribution is -2.35. The normalized spacial score (nSPS) is 13.6. The van der Waals surface area contributed by atoms with Crippen LogP contribution in [0.3, 0.4) is 0 Å². The van der Waals surface area contributed by atoms with E-state index in [4.69, 9.17) is 28.4 Å². The van der Waals surface area contributed by atoms with E-state index in [0.29, 0.717) is 66.1 Å². The number of hydrogen-bond acceptors (Lipinski definition) is 8. The number of Topliss-reactive ketones (excluding diaryl/α,β-unsaturated/α-hetero) is 1. The molecule has 0 heterocycles. The van der Waals surface area contributed by atoms with Crippen LogP contribution in [0.5, 0.6) is 0 Å². The van der Waals surface area contributed by atoms with Crippen molar-refractivity contribution in [3.05, 3.63) is 0 Å². The quantitative estimate of drug-likeness (QED) is 0.269. The Morgan fingerprint density at radius 2 is 1.21 bits per heavy atom. The highest BCUT2D eigenvalue weighted by molar-refractivity contribution is 5.76. The largest absolute Gasteiger partial charge is 0.379 e. The lowest BCUT2D eigenvalue weighted by molar-refractivity contribution is -0.125. The van der Waals surface area contributed by atoms with E-state index in [9.17, 15) is 4.79 Å². The minimum atomic E-state index is -0.337. The van der Waals surface area contributed by atoms with Crippen LogP contribution in [0.4, 0.5) is 0 Å². The van der Waals surface area contributed by atoms with E-state index < -0.39 is 0 Å². The maximum atomic E-state index is 11.1. The SMILES string of the molecule is CCCOCCOCC(C)(COCCOCCOCCNC)COCC(C)=O. The third-order valence-electron chi connectivity index (χ3n) is 3.62. The molecule has 8 nitrogen and oxygen atoms in total. The summed E-state index contributed by atoms with van der Waals surface area (Å²) in [6.07, 6.45) is 0.995. The highest BCUT2D eigenvalue weighted by Crippen LogP contribution is 2.18. The van der Waals surface area contributed by atoms with Gasteiger partial charge in [-0.15, -0.1) is 0 Å². The molecular formula is C20H41NO7. The van der Waals surface area contributed by atoms with Gasteiger partial charge < -0.3 is 33.7 Å². The minimum absolute atomic E-state index is 0.00230. The molecule has 0 saturated heterocycles. The van der Waals surface area contributed by atoms with Crippen LogP contribution in [0, 0.1) is 5.41 Å². The molecule has 0 bridgehead atoms. The van der Waals surface area contributed by atoms with Crippen molar-refractivity contribution in [3.8, 4) is 0 Å². The molecule has 1 unspecified atom stereocenters. The zero-order chi connectivity index (χ0) is 20.9. The smallest absolute Gasteiger partial charge is 0.155 e. The first-order valence-electron chi connectivity index (χ1n) is 10.1. The standard InChI is InChI=1S/C20H41NO7/c1-5-7-23-11-13-26-16-20(3,18-28-15-19(2)22)17-27-14-12-25-10-9-24-8-6-21-4/h21H,5-18H2,1-4H3. The summed E-state index contributed by atoms with van der Waals surface area (Å²) in [4.78, 5) is 11.1. The van der Waals surface area contributed by atoms with Gasteiger partial charge in [-0.1, -0.05) is 13.8 Å². The number of carbonyl (C=O) groups excluding carboxylic acids is 1. The molecule has 28 heavy (non-hydrogen) atoms. The number of ketones is 1. The Morgan fingerprint density at radius 1 is 0.750 bits per heavy atom. The molecule has 0 aliphatic heterocycles. The zero-order valence-corrected chi connectivity index (χ0v) is 18.3. The lowest BCUT2D eigenvalue weighted by atomic mass is 9.94. The Kier molecular flexibility index (Phi) is 19.3. The molecule has 1 atom stereocenters. The summed E-state index contributed by atoms with van der Waals surface area (Å²) in [5, 5.41) is 3.02. The van der Waals surface area contributed by atoms with Crippen molar-refractivity contribution >= 4 is 5.78 Å². The predicted molar refractivity (Wildman–Crippen MR) is 108 cm³/mol. The highest BCUT2D eigenvalue weighted by Gasteiger charge is 2.26. The first kappa shape index (κ1) is 27.4. The molecule has 0 radical (unpaired) electrons. The molecule has 0 aromatic rings. The Balaban J connectivity index is 3.94. The van der Waals surface area contributed by atoms with E-state index in [-0.39, 0.29) is 17.8 Å². The molecule has 0 spiro atoms. The average Bonchev–Trinajstić information content (AvgIpc) is 2.66. The summed E-state index contributed by atoms with van der Waals surface area (Å²) in [6, 6.07) is 0. The lowest BCUT2D eigenvalue weighted by Gasteiger charge is -2.29. The first-order valence-corrected chi connectivity index (χ1v) is 10.1. The van der Waals surface area contributed by atoms with Gasteiger partial charge in [-0.25, -0.2) is 0 Å². The van der Waals surface area contributed by atoms with Crippen molar-refractivity contribution < 1.29 is 33.2 Å². The molecule has 0 aliphatic rings. The molecular weight excluding hydrogens is 366 g/mol. The van der Waals surface area contributed by atoms with Crippen LogP contribution < -0.4 is 5.32 Å². The topological polar surface area (TPSA) is 84.5 Å². The predicted octanol–water partition coefficient (Wildman–Crippen LogP) is 1.31. The van der Waals surface area contributed by atoms with Gasteiger partial charge in [0.1, 0.15) is 6.61 Å². The number of nitrogens with one attached hydrogen (secondary N) is 1. The number of carbonyl (C=O) groups is 1. The zero-order valence-electron chi connectivity index (χ0n) is 18.3. The molecule has 0 saturated carbocycles. The molecule has 0 aromatic carbocycles. The van der Waals surface area contributed by atoms with Crippen LogP contribution >= 0.6 is 0 Å². The molecule has 0 aromatic heterocycles. The number of ether oxygens (including phenoxy) is 6. The maximum absolute atomic E-state index is 11.1. The van der Waals surface area contributed by atoms with Gasteiger partial charge in [-0.2, -0.15) is 0 Å². The molecule has 0 fully saturated rings. The second-order valence-electron chi connectivity index (χ2n) is 7.05. The maximum Gasteiger partial charge on any atom is 0.155 e. The van der Waals surface area contributed by atoms with Crippen molar-refractivity contribution in [2.75, 3.05) is 92.9 Å². The van der Waals surface area contributed by atoms with Crippen LogP contribution in [0.1, 0.15) is 27.2 Å². The van der Waals surface area contributed by atoms with Gasteiger partial charge in [0, 0.05) is 18.6 Å². The van der Waals surface area contributed by atoms with Gasteiger partial charge in [0.2, 0.25) is 0 Å². The van der Waals surface area contributed by atoms with E-state index >= 15 is 0 Å². The van der Waals surface area contributed by atoms with Crippen LogP contribution in [-0.2, 0) is 33.2 Å². The Morgan fingerprint density at radius 3 is 1.71 bits per heavy atom. The third kappa shape index (κ3) is 18.7. The summed E-state index contributed by atoms with van der Waals surface area (Å²) in [5.74, 6) is 0.00230. The van der Waals surface area contributed by atoms with Gasteiger partial charge in [-0.05, 0) is 20.4 Å². The van der Waals surface area contributed by atoms with Gasteiger partial charge in [0.15, 0.2) is 5.78 Å². The van der Waals surface area contributed by atoms with Crippen molar-refractivity contribution in [2.24, 2.45) is 5.41 Å². The van der Waals surface area contributed by atoms with E-state index in [2.05, 4.69) is 12.2 Å². The summed E-state index contributed by atoms with van der Waals surface area (Å²) in [7, 11) is 1.89. The Hall–Kier alpha value is -0.610. The van der Waals surface area contributed by atoms with Crippen molar-refractivity contribution in [3.63, 3.8) is 0 Å². The van der Waals surface area contributed by atoms with Crippen molar-refractivity contribution in [1.82, 2.24) is 5.32 Å². The Labute approximate surface area is 170 Å². The number of rotatable bonds is 22. The fraction of sp³-hybridized carbons (Fsp3) is 0.950. The Bertz CT molecular complexity index is 357. The molecule has 168 valence electrons. The molecule has 0 rings (SSSR count). The highest BCUT2D eigenvalue weighted by atomic mass is 16.5. The minimum Gasteiger partial charge on any atom is -0.379 e. The van der Waals surface area contributed by atoms with Gasteiger partial charge in [-0.3, -0.25) is 4.79 Å². The molecule has 1 N–H and O–H groups in total. The second-order valence-corrected chi connectivity index (χ2v) is 7.05. The molecule has 8 heteroatoms. The fourth-order valence-electron chi connectivity index (χ4n) is 2.18. The van der Waals surface area contributed by atoms with Crippen LogP contribution in [0.15, 0.2) is 0 Å². The van der Waals surface area contributed by atoms with Crippen molar-refractivity contribution in [2.45, 2.75) is 27.2 Å². The van der Waals surface area contributed by atoms with E-state index in [0.717, 1.165) is 19.6 Å². The summed E-state index contributed by atoms with van der Waals surface area (Å²) >= 11 is 0. The summed E-state index contributed by atoms with van der Waals surface area (Å²) in [6.45, 7) is 12.5. The monoisotopic (exact) mass is 407 g/mol. The van der Waals surface area contributed by atoms with Crippen LogP contribution in [0.25, 0.3) is 0 Å². The first-order chi connectivity index (χ1) is 13.5. The summed E-state index contributed by atoms with van der Waals surface area (Å²) < 4.78 is 33.2. The van der Waals surface area contributed by atoms with Gasteiger partial charge in [0.25, 0.3) is 0 Å². The van der Waals surface area contributed by atoms with Crippen LogP contribution in [0.2, 0.25) is 0 Å². The van der Waals surface area contributed by atoms with E-state index in [1.54, 1.807) is 0 Å². The van der Waals surface area contributed by atoms with Crippen molar-refractivity contribution in [1.29, 1.82) is 0 Å². The number of hydrogen-bond donors (Lipinski definition) is 1.